The molecule has 0 spiro atoms. The second kappa shape index (κ2) is 3.90. The number of nitrogens with two attached hydrogens (primary N) is 1. The van der Waals surface area contributed by atoms with Crippen molar-refractivity contribution in [2.45, 2.75) is 38.1 Å². The highest BCUT2D eigenvalue weighted by Gasteiger charge is 2.26. The number of hydrogen-bond acceptors (Lipinski definition) is 5. The first-order valence-corrected chi connectivity index (χ1v) is 5.28. The standard InChI is InChI=1S/C10H17N3O2/c1-10(2,11)9-12-8(13-15-9)7-3-5-14-6-4-7/h7H,3-6,11H2,1-2H3. The molecule has 2 heterocycles. The molecule has 2 rings (SSSR count). The van der Waals surface area contributed by atoms with Crippen LogP contribution in [0.4, 0.5) is 0 Å². The molecule has 0 unspecified atom stereocenters. The summed E-state index contributed by atoms with van der Waals surface area (Å²) >= 11 is 0. The number of aromatic nitrogens is 2. The number of hydrogen-bond donors (Lipinski definition) is 1. The summed E-state index contributed by atoms with van der Waals surface area (Å²) in [5, 5.41) is 3.98. The summed E-state index contributed by atoms with van der Waals surface area (Å²) in [7, 11) is 0. The first-order chi connectivity index (χ1) is 7.07. The van der Waals surface area contributed by atoms with Crippen LogP contribution < -0.4 is 5.73 Å². The van der Waals surface area contributed by atoms with Gasteiger partial charge in [-0.3, -0.25) is 0 Å². The Morgan fingerprint density at radius 3 is 2.53 bits per heavy atom. The van der Waals surface area contributed by atoms with Crippen LogP contribution in [0.2, 0.25) is 0 Å². The van der Waals surface area contributed by atoms with Crippen LogP contribution in [-0.2, 0) is 10.3 Å². The van der Waals surface area contributed by atoms with E-state index in [9.17, 15) is 0 Å². The van der Waals surface area contributed by atoms with Crippen molar-refractivity contribution in [2.24, 2.45) is 5.73 Å². The van der Waals surface area contributed by atoms with Gasteiger partial charge in [-0.25, -0.2) is 0 Å². The molecule has 0 saturated carbocycles. The summed E-state index contributed by atoms with van der Waals surface area (Å²) in [5.41, 5.74) is 5.32. The predicted molar refractivity (Wildman–Crippen MR) is 54.3 cm³/mol. The molecule has 1 fully saturated rings. The molecular formula is C10H17N3O2. The Bertz CT molecular complexity index is 324. The molecule has 5 nitrogen and oxygen atoms in total. The summed E-state index contributed by atoms with van der Waals surface area (Å²) in [6, 6.07) is 0. The Kier molecular flexibility index (Phi) is 2.75. The summed E-state index contributed by atoms with van der Waals surface area (Å²) in [5.74, 6) is 1.63. The van der Waals surface area contributed by atoms with E-state index in [1.807, 2.05) is 13.8 Å². The highest BCUT2D eigenvalue weighted by atomic mass is 16.5. The van der Waals surface area contributed by atoms with E-state index in [0.717, 1.165) is 31.9 Å². The van der Waals surface area contributed by atoms with Crippen molar-refractivity contribution >= 4 is 0 Å². The largest absolute Gasteiger partial charge is 0.381 e. The third kappa shape index (κ3) is 2.35. The molecule has 1 aromatic rings. The zero-order valence-electron chi connectivity index (χ0n) is 9.19. The molecule has 0 aliphatic carbocycles. The lowest BCUT2D eigenvalue weighted by Crippen LogP contribution is -2.29. The second-order valence-corrected chi connectivity index (χ2v) is 4.57. The van der Waals surface area contributed by atoms with E-state index in [2.05, 4.69) is 10.1 Å². The molecule has 1 aliphatic rings. The number of rotatable bonds is 2. The number of nitrogens with zero attached hydrogens (tertiary/aromatic N) is 2. The molecule has 5 heteroatoms. The van der Waals surface area contributed by atoms with Crippen molar-refractivity contribution in [1.29, 1.82) is 0 Å². The van der Waals surface area contributed by atoms with Gasteiger partial charge in [-0.2, -0.15) is 4.98 Å². The van der Waals surface area contributed by atoms with Crippen molar-refractivity contribution < 1.29 is 9.26 Å². The SMILES string of the molecule is CC(C)(N)c1nc(C2CCOCC2)no1. The Morgan fingerprint density at radius 2 is 2.00 bits per heavy atom. The Hall–Kier alpha value is -0.940. The average molecular weight is 211 g/mol. The monoisotopic (exact) mass is 211 g/mol. The van der Waals surface area contributed by atoms with Gasteiger partial charge < -0.3 is 15.0 Å². The van der Waals surface area contributed by atoms with Crippen molar-refractivity contribution in [1.82, 2.24) is 10.1 Å². The van der Waals surface area contributed by atoms with Crippen molar-refractivity contribution in [2.75, 3.05) is 13.2 Å². The van der Waals surface area contributed by atoms with E-state index in [1.54, 1.807) is 0 Å². The van der Waals surface area contributed by atoms with Crippen LogP contribution in [0.3, 0.4) is 0 Å². The predicted octanol–water partition coefficient (Wildman–Crippen LogP) is 1.16. The molecule has 0 amide bonds. The molecule has 1 aromatic heterocycles. The van der Waals surface area contributed by atoms with E-state index in [0.29, 0.717) is 11.8 Å². The van der Waals surface area contributed by atoms with Gasteiger partial charge in [-0.1, -0.05) is 5.16 Å². The summed E-state index contributed by atoms with van der Waals surface area (Å²) in [6.45, 7) is 5.27. The van der Waals surface area contributed by atoms with Crippen LogP contribution in [0.15, 0.2) is 4.52 Å². The van der Waals surface area contributed by atoms with Crippen LogP contribution in [-0.4, -0.2) is 23.4 Å². The molecule has 0 radical (unpaired) electrons. The Labute approximate surface area is 89.0 Å². The van der Waals surface area contributed by atoms with Gasteiger partial charge in [0, 0.05) is 19.1 Å². The molecule has 0 atom stereocenters. The summed E-state index contributed by atoms with van der Waals surface area (Å²) < 4.78 is 10.4. The van der Waals surface area contributed by atoms with E-state index in [1.165, 1.54) is 0 Å². The lowest BCUT2D eigenvalue weighted by atomic mass is 10.00. The van der Waals surface area contributed by atoms with Gasteiger partial charge in [-0.15, -0.1) is 0 Å². The third-order valence-corrected chi connectivity index (χ3v) is 2.58. The molecule has 0 bridgehead atoms. The first kappa shape index (κ1) is 10.6. The van der Waals surface area contributed by atoms with Gasteiger partial charge in [0.1, 0.15) is 0 Å². The minimum atomic E-state index is -0.559. The van der Waals surface area contributed by atoms with Crippen LogP contribution in [0.25, 0.3) is 0 Å². The van der Waals surface area contributed by atoms with Crippen LogP contribution >= 0.6 is 0 Å². The minimum absolute atomic E-state index is 0.360. The maximum atomic E-state index is 5.88. The lowest BCUT2D eigenvalue weighted by molar-refractivity contribution is 0.0830. The molecule has 15 heavy (non-hydrogen) atoms. The fourth-order valence-electron chi connectivity index (χ4n) is 1.62. The lowest BCUT2D eigenvalue weighted by Gasteiger charge is -2.18. The van der Waals surface area contributed by atoms with Gasteiger partial charge in [0.15, 0.2) is 5.82 Å². The van der Waals surface area contributed by atoms with E-state index in [-0.39, 0.29) is 0 Å². The van der Waals surface area contributed by atoms with Crippen molar-refractivity contribution in [3.63, 3.8) is 0 Å². The zero-order chi connectivity index (χ0) is 10.9. The van der Waals surface area contributed by atoms with Crippen molar-refractivity contribution in [3.05, 3.63) is 11.7 Å². The van der Waals surface area contributed by atoms with E-state index in [4.69, 9.17) is 15.0 Å². The second-order valence-electron chi connectivity index (χ2n) is 4.57. The van der Waals surface area contributed by atoms with Gasteiger partial charge in [0.05, 0.1) is 5.54 Å². The molecule has 1 saturated heterocycles. The van der Waals surface area contributed by atoms with Gasteiger partial charge >= 0.3 is 0 Å². The summed E-state index contributed by atoms with van der Waals surface area (Å²) in [6.07, 6.45) is 1.92. The molecule has 84 valence electrons. The smallest absolute Gasteiger partial charge is 0.246 e. The third-order valence-electron chi connectivity index (χ3n) is 2.58. The summed E-state index contributed by atoms with van der Waals surface area (Å²) in [4.78, 5) is 4.35. The Morgan fingerprint density at radius 1 is 1.33 bits per heavy atom. The Balaban J connectivity index is 2.12. The van der Waals surface area contributed by atoms with Crippen LogP contribution in [0, 0.1) is 0 Å². The average Bonchev–Trinajstić information content (AvgIpc) is 2.67. The number of ether oxygens (including phenoxy) is 1. The van der Waals surface area contributed by atoms with E-state index < -0.39 is 5.54 Å². The van der Waals surface area contributed by atoms with Gasteiger partial charge in [0.2, 0.25) is 5.89 Å². The fraction of sp³-hybridized carbons (Fsp3) is 0.800. The van der Waals surface area contributed by atoms with Crippen molar-refractivity contribution in [3.8, 4) is 0 Å². The molecule has 1 aliphatic heterocycles. The maximum absolute atomic E-state index is 5.88. The van der Waals surface area contributed by atoms with Gasteiger partial charge in [-0.05, 0) is 26.7 Å². The highest BCUT2D eigenvalue weighted by molar-refractivity contribution is 5.02. The topological polar surface area (TPSA) is 74.2 Å². The molecule has 2 N–H and O–H groups in total. The maximum Gasteiger partial charge on any atom is 0.246 e. The fourth-order valence-corrected chi connectivity index (χ4v) is 1.62. The molecule has 0 aromatic carbocycles. The normalized spacial score (nSPS) is 19.4. The molecular weight excluding hydrogens is 194 g/mol. The highest BCUT2D eigenvalue weighted by Crippen LogP contribution is 2.25. The van der Waals surface area contributed by atoms with E-state index >= 15 is 0 Å². The van der Waals surface area contributed by atoms with Crippen LogP contribution in [0.1, 0.15) is 44.3 Å². The van der Waals surface area contributed by atoms with Gasteiger partial charge in [0.25, 0.3) is 0 Å². The quantitative estimate of drug-likeness (QED) is 0.794. The van der Waals surface area contributed by atoms with Crippen LogP contribution in [0.5, 0.6) is 0 Å². The minimum Gasteiger partial charge on any atom is -0.381 e. The zero-order valence-corrected chi connectivity index (χ0v) is 9.19. The first-order valence-electron chi connectivity index (χ1n) is 5.28.